The molecule has 0 fully saturated rings. The highest BCUT2D eigenvalue weighted by Gasteiger charge is 2.21. The molecule has 1 atom stereocenters. The minimum absolute atomic E-state index is 0.291. The summed E-state index contributed by atoms with van der Waals surface area (Å²) in [6.45, 7) is 6.75. The standard InChI is InChI=1S/C16H25N/c1-12(17)10-16(2,3)11-13-7-8-14-5-4-6-15(14)9-13/h7-9,12H,4-6,10-11,17H2,1-3H3. The molecule has 1 nitrogen and oxygen atoms in total. The molecule has 0 aromatic heterocycles. The van der Waals surface area contributed by atoms with E-state index < -0.39 is 0 Å². The van der Waals surface area contributed by atoms with Gasteiger partial charge in [0, 0.05) is 6.04 Å². The predicted octanol–water partition coefficient (Wildman–Crippen LogP) is 3.48. The molecule has 0 heterocycles. The molecule has 17 heavy (non-hydrogen) atoms. The molecule has 0 saturated carbocycles. The van der Waals surface area contributed by atoms with E-state index in [1.165, 1.54) is 24.8 Å². The fourth-order valence-corrected chi connectivity index (χ4v) is 3.23. The van der Waals surface area contributed by atoms with Gasteiger partial charge in [0.15, 0.2) is 0 Å². The van der Waals surface area contributed by atoms with Gasteiger partial charge in [-0.3, -0.25) is 0 Å². The van der Waals surface area contributed by atoms with Gasteiger partial charge >= 0.3 is 0 Å². The highest BCUT2D eigenvalue weighted by molar-refractivity contribution is 5.35. The quantitative estimate of drug-likeness (QED) is 0.843. The zero-order valence-electron chi connectivity index (χ0n) is 11.4. The van der Waals surface area contributed by atoms with E-state index >= 15 is 0 Å². The van der Waals surface area contributed by atoms with E-state index in [0.29, 0.717) is 11.5 Å². The molecule has 1 heteroatoms. The Hall–Kier alpha value is -0.820. The number of nitrogens with two attached hydrogens (primary N) is 1. The predicted molar refractivity (Wildman–Crippen MR) is 74.2 cm³/mol. The molecule has 1 aromatic carbocycles. The lowest BCUT2D eigenvalue weighted by Crippen LogP contribution is -2.26. The molecule has 1 unspecified atom stereocenters. The average molecular weight is 231 g/mol. The first kappa shape index (κ1) is 12.6. The summed E-state index contributed by atoms with van der Waals surface area (Å²) < 4.78 is 0. The zero-order valence-corrected chi connectivity index (χ0v) is 11.4. The number of hydrogen-bond acceptors (Lipinski definition) is 1. The van der Waals surface area contributed by atoms with Crippen molar-refractivity contribution in [2.24, 2.45) is 11.1 Å². The van der Waals surface area contributed by atoms with Crippen molar-refractivity contribution in [2.75, 3.05) is 0 Å². The van der Waals surface area contributed by atoms with E-state index in [1.54, 1.807) is 11.1 Å². The Morgan fingerprint density at radius 3 is 2.65 bits per heavy atom. The van der Waals surface area contributed by atoms with Gasteiger partial charge in [0.2, 0.25) is 0 Å². The Labute approximate surface area is 105 Å². The van der Waals surface area contributed by atoms with Gasteiger partial charge in [0.1, 0.15) is 0 Å². The van der Waals surface area contributed by atoms with Gasteiger partial charge in [-0.15, -0.1) is 0 Å². The van der Waals surface area contributed by atoms with Gasteiger partial charge in [0.05, 0.1) is 0 Å². The minimum Gasteiger partial charge on any atom is -0.328 e. The lowest BCUT2D eigenvalue weighted by atomic mass is 9.80. The Kier molecular flexibility index (Phi) is 3.58. The Bertz CT molecular complexity index is 391. The van der Waals surface area contributed by atoms with Crippen LogP contribution in [-0.2, 0) is 19.3 Å². The van der Waals surface area contributed by atoms with Gasteiger partial charge in [-0.2, -0.15) is 0 Å². The molecule has 0 amide bonds. The minimum atomic E-state index is 0.291. The lowest BCUT2D eigenvalue weighted by molar-refractivity contribution is 0.309. The molecule has 2 rings (SSSR count). The second kappa shape index (κ2) is 4.81. The first-order valence-electron chi connectivity index (χ1n) is 6.82. The van der Waals surface area contributed by atoms with E-state index in [9.17, 15) is 0 Å². The molecule has 1 aliphatic carbocycles. The molecule has 2 N–H and O–H groups in total. The van der Waals surface area contributed by atoms with Gasteiger partial charge < -0.3 is 5.73 Å². The van der Waals surface area contributed by atoms with Crippen LogP contribution in [0.1, 0.15) is 50.3 Å². The van der Waals surface area contributed by atoms with Crippen LogP contribution in [0.3, 0.4) is 0 Å². The molecule has 0 aliphatic heterocycles. The van der Waals surface area contributed by atoms with E-state index in [1.807, 2.05) is 0 Å². The highest BCUT2D eigenvalue weighted by Crippen LogP contribution is 2.29. The zero-order chi connectivity index (χ0) is 12.5. The van der Waals surface area contributed by atoms with Crippen molar-refractivity contribution in [3.63, 3.8) is 0 Å². The number of benzene rings is 1. The number of fused-ring (bicyclic) bond motifs is 1. The molecular weight excluding hydrogens is 206 g/mol. The third-order valence-electron chi connectivity index (χ3n) is 3.72. The second-order valence-electron chi connectivity index (χ2n) is 6.48. The summed E-state index contributed by atoms with van der Waals surface area (Å²) in [4.78, 5) is 0. The smallest absolute Gasteiger partial charge is 0.00156 e. The SMILES string of the molecule is CC(N)CC(C)(C)Cc1ccc2c(c1)CCC2. The fraction of sp³-hybridized carbons (Fsp3) is 0.625. The average Bonchev–Trinajstić information content (AvgIpc) is 2.61. The van der Waals surface area contributed by atoms with Crippen LogP contribution in [0.25, 0.3) is 0 Å². The molecule has 0 spiro atoms. The Balaban J connectivity index is 2.08. The van der Waals surface area contributed by atoms with Crippen LogP contribution in [-0.4, -0.2) is 6.04 Å². The number of rotatable bonds is 4. The normalized spacial score (nSPS) is 16.9. The van der Waals surface area contributed by atoms with Crippen molar-refractivity contribution >= 4 is 0 Å². The third-order valence-corrected chi connectivity index (χ3v) is 3.72. The summed E-state index contributed by atoms with van der Waals surface area (Å²) >= 11 is 0. The van der Waals surface area contributed by atoms with Crippen LogP contribution in [0.2, 0.25) is 0 Å². The third kappa shape index (κ3) is 3.32. The van der Waals surface area contributed by atoms with Gasteiger partial charge in [0.25, 0.3) is 0 Å². The van der Waals surface area contributed by atoms with Gasteiger partial charge in [-0.25, -0.2) is 0 Å². The van der Waals surface area contributed by atoms with Crippen LogP contribution in [0, 0.1) is 5.41 Å². The summed E-state index contributed by atoms with van der Waals surface area (Å²) in [5, 5.41) is 0. The van der Waals surface area contributed by atoms with Crippen molar-refractivity contribution in [2.45, 2.75) is 58.9 Å². The molecular formula is C16H25N. The summed E-state index contributed by atoms with van der Waals surface area (Å²) in [5.41, 5.74) is 10.9. The monoisotopic (exact) mass is 231 g/mol. The second-order valence-corrected chi connectivity index (χ2v) is 6.48. The van der Waals surface area contributed by atoms with Gasteiger partial charge in [-0.1, -0.05) is 32.0 Å². The van der Waals surface area contributed by atoms with Crippen LogP contribution in [0.5, 0.6) is 0 Å². The lowest BCUT2D eigenvalue weighted by Gasteiger charge is -2.27. The summed E-state index contributed by atoms with van der Waals surface area (Å²) in [7, 11) is 0. The highest BCUT2D eigenvalue weighted by atomic mass is 14.6. The summed E-state index contributed by atoms with van der Waals surface area (Å²) in [6.07, 6.45) is 6.11. The number of hydrogen-bond donors (Lipinski definition) is 1. The van der Waals surface area contributed by atoms with Crippen LogP contribution in [0.4, 0.5) is 0 Å². The topological polar surface area (TPSA) is 26.0 Å². The van der Waals surface area contributed by atoms with Crippen LogP contribution >= 0.6 is 0 Å². The van der Waals surface area contributed by atoms with E-state index in [-0.39, 0.29) is 0 Å². The molecule has 0 bridgehead atoms. The maximum atomic E-state index is 5.92. The Morgan fingerprint density at radius 1 is 1.24 bits per heavy atom. The molecule has 94 valence electrons. The molecule has 0 radical (unpaired) electrons. The van der Waals surface area contributed by atoms with Crippen LogP contribution in [0.15, 0.2) is 18.2 Å². The van der Waals surface area contributed by atoms with Crippen molar-refractivity contribution in [1.82, 2.24) is 0 Å². The van der Waals surface area contributed by atoms with Gasteiger partial charge in [-0.05, 0) is 61.1 Å². The Morgan fingerprint density at radius 2 is 1.94 bits per heavy atom. The number of aryl methyl sites for hydroxylation is 2. The first-order valence-corrected chi connectivity index (χ1v) is 6.82. The van der Waals surface area contributed by atoms with E-state index in [4.69, 9.17) is 5.73 Å². The summed E-state index contributed by atoms with van der Waals surface area (Å²) in [5.74, 6) is 0. The summed E-state index contributed by atoms with van der Waals surface area (Å²) in [6, 6.07) is 7.36. The first-order chi connectivity index (χ1) is 7.96. The van der Waals surface area contributed by atoms with Crippen molar-refractivity contribution in [1.29, 1.82) is 0 Å². The van der Waals surface area contributed by atoms with Crippen molar-refractivity contribution in [3.8, 4) is 0 Å². The van der Waals surface area contributed by atoms with E-state index in [0.717, 1.165) is 12.8 Å². The maximum Gasteiger partial charge on any atom is 0.00156 e. The van der Waals surface area contributed by atoms with Crippen LogP contribution < -0.4 is 5.73 Å². The largest absolute Gasteiger partial charge is 0.328 e. The van der Waals surface area contributed by atoms with E-state index in [2.05, 4.69) is 39.0 Å². The fourth-order valence-electron chi connectivity index (χ4n) is 3.23. The molecule has 0 saturated heterocycles. The molecule has 1 aliphatic rings. The van der Waals surface area contributed by atoms with Crippen molar-refractivity contribution in [3.05, 3.63) is 34.9 Å². The molecule has 1 aromatic rings. The maximum absolute atomic E-state index is 5.92. The van der Waals surface area contributed by atoms with Crippen molar-refractivity contribution < 1.29 is 0 Å².